The Hall–Kier alpha value is -4.04. The minimum atomic E-state index is -4.64. The average Bonchev–Trinajstić information content (AvgIpc) is 2.95. The molecule has 224 valence electrons. The van der Waals surface area contributed by atoms with Gasteiger partial charge in [0.05, 0.1) is 21.7 Å². The molecule has 1 saturated heterocycles. The van der Waals surface area contributed by atoms with Crippen molar-refractivity contribution in [3.63, 3.8) is 0 Å². The van der Waals surface area contributed by atoms with Crippen LogP contribution in [0.15, 0.2) is 59.6 Å². The van der Waals surface area contributed by atoms with E-state index in [-0.39, 0.29) is 48.3 Å². The first-order valence-corrected chi connectivity index (χ1v) is 14.5. The first-order chi connectivity index (χ1) is 19.7. The van der Waals surface area contributed by atoms with Crippen LogP contribution in [0.3, 0.4) is 0 Å². The van der Waals surface area contributed by atoms with E-state index < -0.39 is 39.7 Å². The normalized spacial score (nSPS) is 16.5. The van der Waals surface area contributed by atoms with Crippen LogP contribution in [0.4, 0.5) is 19.1 Å². The maximum absolute atomic E-state index is 13.6. The summed E-state index contributed by atoms with van der Waals surface area (Å²) in [6.07, 6.45) is -3.50. The standard InChI is InChI=1S/C28H30F3N5O5S/c1-17(2)20-6-4-19(5-7-20)14-32-25(37)24-16-35(27-33-15-23(26(38)39)18(3)34-27)12-13-36(24)42(40,41)22-10-8-21(9-11-22)28(29,30)31/h4-11,15,17,24H,12-14,16H2,1-3H3,(H,32,37)(H,38,39). The van der Waals surface area contributed by atoms with E-state index in [1.165, 1.54) is 6.92 Å². The molecule has 1 fully saturated rings. The summed E-state index contributed by atoms with van der Waals surface area (Å²) in [7, 11) is -4.39. The van der Waals surface area contributed by atoms with Crippen LogP contribution in [0.1, 0.15) is 52.5 Å². The Morgan fingerprint density at radius 1 is 1.07 bits per heavy atom. The van der Waals surface area contributed by atoms with Crippen molar-refractivity contribution in [2.45, 2.75) is 50.3 Å². The summed E-state index contributed by atoms with van der Waals surface area (Å²) in [4.78, 5) is 34.4. The highest BCUT2D eigenvalue weighted by Crippen LogP contribution is 2.31. The molecular weight excluding hydrogens is 575 g/mol. The number of aromatic nitrogens is 2. The largest absolute Gasteiger partial charge is 0.478 e. The Balaban J connectivity index is 1.62. The van der Waals surface area contributed by atoms with Crippen molar-refractivity contribution in [3.05, 3.63) is 82.7 Å². The third kappa shape index (κ3) is 6.71. The van der Waals surface area contributed by atoms with E-state index in [0.29, 0.717) is 18.1 Å². The number of hydrogen-bond donors (Lipinski definition) is 2. The average molecular weight is 606 g/mol. The minimum absolute atomic E-state index is 0.0478. The van der Waals surface area contributed by atoms with Crippen molar-refractivity contribution in [1.29, 1.82) is 0 Å². The zero-order valence-electron chi connectivity index (χ0n) is 23.1. The van der Waals surface area contributed by atoms with E-state index in [4.69, 9.17) is 0 Å². The Morgan fingerprint density at radius 3 is 2.26 bits per heavy atom. The third-order valence-corrected chi connectivity index (χ3v) is 8.94. The highest BCUT2D eigenvalue weighted by atomic mass is 32.2. The fourth-order valence-electron chi connectivity index (χ4n) is 4.55. The van der Waals surface area contributed by atoms with Gasteiger partial charge in [0, 0.05) is 32.4 Å². The highest BCUT2D eigenvalue weighted by molar-refractivity contribution is 7.89. The quantitative estimate of drug-likeness (QED) is 0.396. The summed E-state index contributed by atoms with van der Waals surface area (Å²) in [6, 6.07) is 9.41. The second-order valence-electron chi connectivity index (χ2n) is 10.2. The van der Waals surface area contributed by atoms with E-state index >= 15 is 0 Å². The van der Waals surface area contributed by atoms with Crippen LogP contribution in [0.25, 0.3) is 0 Å². The SMILES string of the molecule is Cc1nc(N2CCN(S(=O)(=O)c3ccc(C(F)(F)F)cc3)C(C(=O)NCc3ccc(C(C)C)cc3)C2)ncc1C(=O)O. The molecule has 0 saturated carbocycles. The van der Waals surface area contributed by atoms with Gasteiger partial charge in [-0.2, -0.15) is 17.5 Å². The number of rotatable bonds is 8. The van der Waals surface area contributed by atoms with Crippen molar-refractivity contribution in [2.24, 2.45) is 0 Å². The van der Waals surface area contributed by atoms with Crippen molar-refractivity contribution >= 4 is 27.8 Å². The third-order valence-electron chi connectivity index (χ3n) is 7.02. The summed E-state index contributed by atoms with van der Waals surface area (Å²) >= 11 is 0. The van der Waals surface area contributed by atoms with Crippen molar-refractivity contribution < 1.29 is 36.3 Å². The molecule has 2 heterocycles. The molecule has 14 heteroatoms. The van der Waals surface area contributed by atoms with Crippen LogP contribution in [-0.2, 0) is 27.5 Å². The molecule has 0 spiro atoms. The second-order valence-corrected chi connectivity index (χ2v) is 12.1. The Bertz CT molecular complexity index is 1560. The molecule has 10 nitrogen and oxygen atoms in total. The number of aromatic carboxylic acids is 1. The van der Waals surface area contributed by atoms with Gasteiger partial charge in [-0.15, -0.1) is 0 Å². The Morgan fingerprint density at radius 2 is 1.71 bits per heavy atom. The molecule has 2 N–H and O–H groups in total. The molecule has 0 aliphatic carbocycles. The smallest absolute Gasteiger partial charge is 0.416 e. The number of carboxylic acids is 1. The number of alkyl halides is 3. The number of benzene rings is 2. The molecule has 0 radical (unpaired) electrons. The van der Waals surface area contributed by atoms with Crippen LogP contribution in [-0.4, -0.2) is 65.4 Å². The summed E-state index contributed by atoms with van der Waals surface area (Å²) in [5.41, 5.74) is 1.01. The van der Waals surface area contributed by atoms with Gasteiger partial charge in [-0.3, -0.25) is 4.79 Å². The molecular formula is C28H30F3N5O5S. The lowest BCUT2D eigenvalue weighted by Crippen LogP contribution is -2.60. The lowest BCUT2D eigenvalue weighted by molar-refractivity contribution is -0.137. The zero-order chi connectivity index (χ0) is 30.8. The lowest BCUT2D eigenvalue weighted by Gasteiger charge is -2.39. The van der Waals surface area contributed by atoms with Gasteiger partial charge < -0.3 is 15.3 Å². The molecule has 1 atom stereocenters. The molecule has 42 heavy (non-hydrogen) atoms. The molecule has 1 aliphatic rings. The predicted octanol–water partition coefficient (Wildman–Crippen LogP) is 3.82. The van der Waals surface area contributed by atoms with E-state index in [1.54, 1.807) is 4.90 Å². The van der Waals surface area contributed by atoms with Gasteiger partial charge in [0.2, 0.25) is 21.9 Å². The van der Waals surface area contributed by atoms with E-state index in [0.717, 1.165) is 33.8 Å². The van der Waals surface area contributed by atoms with Gasteiger partial charge in [0.15, 0.2) is 0 Å². The molecule has 1 amide bonds. The monoisotopic (exact) mass is 605 g/mol. The van der Waals surface area contributed by atoms with Crippen LogP contribution in [0, 0.1) is 6.92 Å². The van der Waals surface area contributed by atoms with Gasteiger partial charge in [-0.05, 0) is 48.2 Å². The highest BCUT2D eigenvalue weighted by Gasteiger charge is 2.41. The number of carbonyl (C=O) groups is 2. The summed E-state index contributed by atoms with van der Waals surface area (Å²) in [5.74, 6) is -1.39. The summed E-state index contributed by atoms with van der Waals surface area (Å²) in [6.45, 7) is 5.39. The fourth-order valence-corrected chi connectivity index (χ4v) is 6.12. The van der Waals surface area contributed by atoms with E-state index in [9.17, 15) is 36.3 Å². The first-order valence-electron chi connectivity index (χ1n) is 13.1. The molecule has 1 aromatic heterocycles. The number of anilines is 1. The number of sulfonamides is 1. The zero-order valence-corrected chi connectivity index (χ0v) is 23.9. The topological polar surface area (TPSA) is 133 Å². The number of halogens is 3. The van der Waals surface area contributed by atoms with Crippen molar-refractivity contribution in [3.8, 4) is 0 Å². The van der Waals surface area contributed by atoms with Crippen LogP contribution in [0.2, 0.25) is 0 Å². The predicted molar refractivity (Wildman–Crippen MR) is 147 cm³/mol. The maximum Gasteiger partial charge on any atom is 0.416 e. The van der Waals surface area contributed by atoms with Gasteiger partial charge >= 0.3 is 12.1 Å². The number of carbonyl (C=O) groups excluding carboxylic acids is 1. The molecule has 1 unspecified atom stereocenters. The summed E-state index contributed by atoms with van der Waals surface area (Å²) < 4.78 is 67.4. The van der Waals surface area contributed by atoms with Crippen LogP contribution < -0.4 is 10.2 Å². The Kier molecular flexibility index (Phi) is 8.87. The maximum atomic E-state index is 13.6. The number of nitrogens with one attached hydrogen (secondary N) is 1. The lowest BCUT2D eigenvalue weighted by atomic mass is 10.0. The number of carboxylic acid groups (broad SMARTS) is 1. The Labute approximate surface area is 241 Å². The van der Waals surface area contributed by atoms with Crippen LogP contribution in [0.5, 0.6) is 0 Å². The molecule has 4 rings (SSSR count). The molecule has 3 aromatic rings. The first kappa shape index (κ1) is 30.9. The van der Waals surface area contributed by atoms with Crippen LogP contribution >= 0.6 is 0 Å². The fraction of sp³-hybridized carbons (Fsp3) is 0.357. The number of piperazine rings is 1. The van der Waals surface area contributed by atoms with Gasteiger partial charge in [0.25, 0.3) is 0 Å². The summed E-state index contributed by atoms with van der Waals surface area (Å²) in [5, 5.41) is 12.1. The van der Waals surface area contributed by atoms with Gasteiger partial charge in [0.1, 0.15) is 6.04 Å². The molecule has 1 aliphatic heterocycles. The second kappa shape index (κ2) is 12.1. The van der Waals surface area contributed by atoms with Gasteiger partial charge in [-0.25, -0.2) is 23.2 Å². The van der Waals surface area contributed by atoms with Crippen molar-refractivity contribution in [1.82, 2.24) is 19.6 Å². The van der Waals surface area contributed by atoms with Gasteiger partial charge in [-0.1, -0.05) is 38.1 Å². The number of aryl methyl sites for hydroxylation is 1. The number of hydrogen-bond acceptors (Lipinski definition) is 7. The van der Waals surface area contributed by atoms with E-state index in [2.05, 4.69) is 29.1 Å². The van der Waals surface area contributed by atoms with E-state index in [1.807, 2.05) is 24.3 Å². The minimum Gasteiger partial charge on any atom is -0.478 e. The number of amides is 1. The van der Waals surface area contributed by atoms with Crippen molar-refractivity contribution in [2.75, 3.05) is 24.5 Å². The molecule has 0 bridgehead atoms. The number of nitrogens with zero attached hydrogens (tertiary/aromatic N) is 4. The molecule has 2 aromatic carbocycles.